The second-order valence-electron chi connectivity index (χ2n) is 3.60. The predicted molar refractivity (Wildman–Crippen MR) is 61.1 cm³/mol. The van der Waals surface area contributed by atoms with Crippen molar-refractivity contribution in [1.29, 1.82) is 0 Å². The molecule has 3 nitrogen and oxygen atoms in total. The SMILES string of the molecule is CNCc1cccc(-n2ccc(C)n2)c1. The molecule has 1 aromatic heterocycles. The van der Waals surface area contributed by atoms with Crippen LogP contribution in [0.25, 0.3) is 5.69 Å². The summed E-state index contributed by atoms with van der Waals surface area (Å²) in [4.78, 5) is 0. The minimum Gasteiger partial charge on any atom is -0.316 e. The van der Waals surface area contributed by atoms with Crippen molar-refractivity contribution in [3.8, 4) is 5.69 Å². The van der Waals surface area contributed by atoms with Crippen molar-refractivity contribution < 1.29 is 0 Å². The highest BCUT2D eigenvalue weighted by molar-refractivity contribution is 5.35. The molecular weight excluding hydrogens is 186 g/mol. The Morgan fingerprint density at radius 3 is 2.87 bits per heavy atom. The van der Waals surface area contributed by atoms with Gasteiger partial charge in [-0.1, -0.05) is 12.1 Å². The highest BCUT2D eigenvalue weighted by Crippen LogP contribution is 2.10. The van der Waals surface area contributed by atoms with E-state index in [1.54, 1.807) is 0 Å². The van der Waals surface area contributed by atoms with E-state index in [-0.39, 0.29) is 0 Å². The van der Waals surface area contributed by atoms with Gasteiger partial charge < -0.3 is 5.32 Å². The molecule has 0 bridgehead atoms. The Labute approximate surface area is 89.7 Å². The number of nitrogens with zero attached hydrogens (tertiary/aromatic N) is 2. The maximum absolute atomic E-state index is 4.38. The Hall–Kier alpha value is -1.61. The zero-order chi connectivity index (χ0) is 10.7. The molecule has 0 spiro atoms. The van der Waals surface area contributed by atoms with Crippen LogP contribution in [0.5, 0.6) is 0 Å². The molecule has 0 fully saturated rings. The fraction of sp³-hybridized carbons (Fsp3) is 0.250. The highest BCUT2D eigenvalue weighted by Gasteiger charge is 1.98. The summed E-state index contributed by atoms with van der Waals surface area (Å²) in [6.45, 7) is 2.88. The minimum absolute atomic E-state index is 0.883. The van der Waals surface area contributed by atoms with Crippen molar-refractivity contribution in [3.63, 3.8) is 0 Å². The van der Waals surface area contributed by atoms with Crippen LogP contribution in [0.1, 0.15) is 11.3 Å². The van der Waals surface area contributed by atoms with Crippen LogP contribution in [0.4, 0.5) is 0 Å². The Balaban J connectivity index is 2.32. The average Bonchev–Trinajstić information content (AvgIpc) is 2.66. The predicted octanol–water partition coefficient (Wildman–Crippen LogP) is 1.90. The zero-order valence-corrected chi connectivity index (χ0v) is 9.07. The zero-order valence-electron chi connectivity index (χ0n) is 9.07. The standard InChI is InChI=1S/C12H15N3/c1-10-6-7-15(14-10)12-5-3-4-11(8-12)9-13-2/h3-8,13H,9H2,1-2H3. The van der Waals surface area contributed by atoms with Gasteiger partial charge in [-0.15, -0.1) is 0 Å². The summed E-state index contributed by atoms with van der Waals surface area (Å²) in [5.41, 5.74) is 3.41. The lowest BCUT2D eigenvalue weighted by molar-refractivity contribution is 0.810. The van der Waals surface area contributed by atoms with E-state index in [1.165, 1.54) is 5.56 Å². The van der Waals surface area contributed by atoms with Gasteiger partial charge in [0.2, 0.25) is 0 Å². The first-order valence-electron chi connectivity index (χ1n) is 5.06. The largest absolute Gasteiger partial charge is 0.316 e. The topological polar surface area (TPSA) is 29.9 Å². The summed E-state index contributed by atoms with van der Waals surface area (Å²) in [6.07, 6.45) is 1.98. The summed E-state index contributed by atoms with van der Waals surface area (Å²) in [5.74, 6) is 0. The van der Waals surface area contributed by atoms with Crippen molar-refractivity contribution in [2.24, 2.45) is 0 Å². The molecule has 78 valence electrons. The van der Waals surface area contributed by atoms with E-state index in [0.717, 1.165) is 17.9 Å². The number of rotatable bonds is 3. The Morgan fingerprint density at radius 1 is 1.33 bits per heavy atom. The Kier molecular flexibility index (Phi) is 2.83. The van der Waals surface area contributed by atoms with Crippen LogP contribution < -0.4 is 5.32 Å². The molecule has 1 N–H and O–H groups in total. The molecule has 0 saturated heterocycles. The molecule has 1 aromatic carbocycles. The highest BCUT2D eigenvalue weighted by atomic mass is 15.3. The summed E-state index contributed by atoms with van der Waals surface area (Å²) in [5, 5.41) is 7.52. The van der Waals surface area contributed by atoms with Crippen LogP contribution in [-0.4, -0.2) is 16.8 Å². The second-order valence-corrected chi connectivity index (χ2v) is 3.60. The first-order valence-corrected chi connectivity index (χ1v) is 5.06. The van der Waals surface area contributed by atoms with Crippen molar-refractivity contribution >= 4 is 0 Å². The molecule has 0 aliphatic rings. The van der Waals surface area contributed by atoms with Gasteiger partial charge in [-0.3, -0.25) is 0 Å². The van der Waals surface area contributed by atoms with Crippen molar-refractivity contribution in [1.82, 2.24) is 15.1 Å². The van der Waals surface area contributed by atoms with E-state index in [0.29, 0.717) is 0 Å². The number of aromatic nitrogens is 2. The lowest BCUT2D eigenvalue weighted by Gasteiger charge is -2.04. The first-order chi connectivity index (χ1) is 7.29. The fourth-order valence-electron chi connectivity index (χ4n) is 1.57. The molecule has 2 aromatic rings. The van der Waals surface area contributed by atoms with Crippen LogP contribution in [0.2, 0.25) is 0 Å². The van der Waals surface area contributed by atoms with Crippen LogP contribution >= 0.6 is 0 Å². The molecular formula is C12H15N3. The van der Waals surface area contributed by atoms with Gasteiger partial charge in [0.05, 0.1) is 11.4 Å². The number of benzene rings is 1. The van der Waals surface area contributed by atoms with Gasteiger partial charge in [0.25, 0.3) is 0 Å². The van der Waals surface area contributed by atoms with Gasteiger partial charge >= 0.3 is 0 Å². The molecule has 0 atom stereocenters. The molecule has 0 saturated carbocycles. The number of aryl methyl sites for hydroxylation is 1. The Bertz CT molecular complexity index is 446. The van der Waals surface area contributed by atoms with Gasteiger partial charge in [0.1, 0.15) is 0 Å². The summed E-state index contributed by atoms with van der Waals surface area (Å²) >= 11 is 0. The third-order valence-electron chi connectivity index (χ3n) is 2.28. The lowest BCUT2D eigenvalue weighted by Crippen LogP contribution is -2.05. The van der Waals surface area contributed by atoms with E-state index < -0.39 is 0 Å². The maximum atomic E-state index is 4.38. The number of hydrogen-bond acceptors (Lipinski definition) is 2. The van der Waals surface area contributed by atoms with E-state index >= 15 is 0 Å². The number of hydrogen-bond donors (Lipinski definition) is 1. The van der Waals surface area contributed by atoms with E-state index in [4.69, 9.17) is 0 Å². The molecule has 15 heavy (non-hydrogen) atoms. The summed E-state index contributed by atoms with van der Waals surface area (Å²) < 4.78 is 1.90. The minimum atomic E-state index is 0.883. The quantitative estimate of drug-likeness (QED) is 0.822. The Morgan fingerprint density at radius 2 is 2.20 bits per heavy atom. The third kappa shape index (κ3) is 2.25. The fourth-order valence-corrected chi connectivity index (χ4v) is 1.57. The first kappa shape index (κ1) is 9.93. The normalized spacial score (nSPS) is 10.5. The van der Waals surface area contributed by atoms with Crippen molar-refractivity contribution in [2.75, 3.05) is 7.05 Å². The monoisotopic (exact) mass is 201 g/mol. The molecule has 3 heteroatoms. The van der Waals surface area contributed by atoms with Crippen LogP contribution in [0.15, 0.2) is 36.5 Å². The van der Waals surface area contributed by atoms with E-state index in [2.05, 4.69) is 34.7 Å². The van der Waals surface area contributed by atoms with Gasteiger partial charge in [0.15, 0.2) is 0 Å². The molecule has 0 radical (unpaired) electrons. The molecule has 2 rings (SSSR count). The smallest absolute Gasteiger partial charge is 0.0648 e. The lowest BCUT2D eigenvalue weighted by atomic mass is 10.2. The van der Waals surface area contributed by atoms with Crippen LogP contribution in [0, 0.1) is 6.92 Å². The van der Waals surface area contributed by atoms with Gasteiger partial charge in [0, 0.05) is 12.7 Å². The molecule has 0 amide bonds. The molecule has 0 unspecified atom stereocenters. The van der Waals surface area contributed by atoms with Crippen molar-refractivity contribution in [3.05, 3.63) is 47.8 Å². The average molecular weight is 201 g/mol. The maximum Gasteiger partial charge on any atom is 0.0648 e. The van der Waals surface area contributed by atoms with Crippen LogP contribution in [0.3, 0.4) is 0 Å². The van der Waals surface area contributed by atoms with Crippen LogP contribution in [-0.2, 0) is 6.54 Å². The second kappa shape index (κ2) is 4.28. The van der Waals surface area contributed by atoms with Gasteiger partial charge in [-0.2, -0.15) is 5.10 Å². The molecule has 1 heterocycles. The van der Waals surface area contributed by atoms with Gasteiger partial charge in [-0.25, -0.2) is 4.68 Å². The number of nitrogens with one attached hydrogen (secondary N) is 1. The summed E-state index contributed by atoms with van der Waals surface area (Å²) in [6, 6.07) is 10.4. The van der Waals surface area contributed by atoms with Crippen molar-refractivity contribution in [2.45, 2.75) is 13.5 Å². The third-order valence-corrected chi connectivity index (χ3v) is 2.28. The summed E-state index contributed by atoms with van der Waals surface area (Å²) in [7, 11) is 1.95. The molecule has 0 aliphatic carbocycles. The van der Waals surface area contributed by atoms with E-state index in [9.17, 15) is 0 Å². The van der Waals surface area contributed by atoms with E-state index in [1.807, 2.05) is 30.9 Å². The van der Waals surface area contributed by atoms with Gasteiger partial charge in [-0.05, 0) is 37.7 Å². The molecule has 0 aliphatic heterocycles.